The average molecular weight is 525 g/mol. The van der Waals surface area contributed by atoms with Gasteiger partial charge in [-0.05, 0) is 49.2 Å². The van der Waals surface area contributed by atoms with E-state index >= 15 is 0 Å². The number of nitrogens with zero attached hydrogens (tertiary/aromatic N) is 4. The van der Waals surface area contributed by atoms with E-state index in [1.54, 1.807) is 12.1 Å². The number of aliphatic hydroxyl groups excluding tert-OH is 3. The largest absolute Gasteiger partial charge is 0.394 e. The number of halogens is 4. The minimum absolute atomic E-state index is 0.0136. The van der Waals surface area contributed by atoms with Crippen molar-refractivity contribution in [2.45, 2.75) is 42.8 Å². The van der Waals surface area contributed by atoms with Gasteiger partial charge in [-0.1, -0.05) is 16.8 Å². The third-order valence-electron chi connectivity index (χ3n) is 6.93. The summed E-state index contributed by atoms with van der Waals surface area (Å²) < 4.78 is 48.2. The maximum Gasteiger partial charge on any atom is 0.194 e. The molecule has 12 heteroatoms. The Morgan fingerprint density at radius 1 is 1.11 bits per heavy atom. The molecule has 2 aliphatic heterocycles. The Morgan fingerprint density at radius 3 is 2.47 bits per heavy atom. The van der Waals surface area contributed by atoms with Crippen LogP contribution in [-0.4, -0.2) is 73.9 Å². The quantitative estimate of drug-likeness (QED) is 0.451. The molecule has 0 amide bonds. The zero-order chi connectivity index (χ0) is 25.6. The third kappa shape index (κ3) is 4.35. The Labute approximate surface area is 209 Å². The van der Waals surface area contributed by atoms with Crippen molar-refractivity contribution in [3.8, 4) is 11.3 Å². The molecule has 0 radical (unpaired) electrons. The summed E-state index contributed by atoms with van der Waals surface area (Å²) in [5, 5.41) is 40.9. The molecule has 36 heavy (non-hydrogen) atoms. The lowest BCUT2D eigenvalue weighted by atomic mass is 9.78. The van der Waals surface area contributed by atoms with Crippen molar-refractivity contribution in [3.63, 3.8) is 0 Å². The number of aromatic nitrogens is 3. The molecule has 3 aromatic rings. The van der Waals surface area contributed by atoms with E-state index in [0.29, 0.717) is 24.4 Å². The highest BCUT2D eigenvalue weighted by Gasteiger charge is 2.56. The van der Waals surface area contributed by atoms with E-state index in [1.165, 1.54) is 10.9 Å². The van der Waals surface area contributed by atoms with Crippen molar-refractivity contribution >= 4 is 17.3 Å². The average Bonchev–Trinajstić information content (AvgIpc) is 3.35. The van der Waals surface area contributed by atoms with Crippen molar-refractivity contribution in [1.82, 2.24) is 15.0 Å². The highest BCUT2D eigenvalue weighted by atomic mass is 35.5. The van der Waals surface area contributed by atoms with Crippen molar-refractivity contribution in [2.24, 2.45) is 0 Å². The fourth-order valence-corrected chi connectivity index (χ4v) is 5.25. The fraction of sp³-hybridized carbons (Fsp3) is 0.417. The first-order chi connectivity index (χ1) is 17.2. The maximum atomic E-state index is 13.7. The van der Waals surface area contributed by atoms with Crippen molar-refractivity contribution in [3.05, 3.63) is 65.1 Å². The van der Waals surface area contributed by atoms with E-state index in [-0.39, 0.29) is 17.8 Å². The number of piperidine rings is 1. The van der Waals surface area contributed by atoms with Gasteiger partial charge >= 0.3 is 0 Å². The molecule has 3 N–H and O–H groups in total. The molecule has 2 saturated heterocycles. The van der Waals surface area contributed by atoms with Crippen LogP contribution in [0.3, 0.4) is 0 Å². The van der Waals surface area contributed by atoms with Gasteiger partial charge in [-0.15, -0.1) is 5.10 Å². The highest BCUT2D eigenvalue weighted by molar-refractivity contribution is 6.30. The summed E-state index contributed by atoms with van der Waals surface area (Å²) in [6.07, 6.45) is -1.25. The van der Waals surface area contributed by atoms with Gasteiger partial charge in [-0.3, -0.25) is 0 Å². The fourth-order valence-electron chi connectivity index (χ4n) is 5.12. The minimum Gasteiger partial charge on any atom is -0.394 e. The number of anilines is 1. The van der Waals surface area contributed by atoms with Gasteiger partial charge < -0.3 is 25.0 Å². The summed E-state index contributed by atoms with van der Waals surface area (Å²) in [5.74, 6) is -4.36. The number of hydrogen-bond acceptors (Lipinski definition) is 7. The molecule has 192 valence electrons. The van der Waals surface area contributed by atoms with Crippen LogP contribution >= 0.6 is 11.6 Å². The van der Waals surface area contributed by atoms with Crippen LogP contribution in [0.4, 0.5) is 18.9 Å². The summed E-state index contributed by atoms with van der Waals surface area (Å²) >= 11 is 6.01. The van der Waals surface area contributed by atoms with E-state index in [4.69, 9.17) is 16.3 Å². The Balaban J connectivity index is 1.47. The predicted octanol–water partition coefficient (Wildman–Crippen LogP) is 2.71. The lowest BCUT2D eigenvalue weighted by molar-refractivity contribution is -0.257. The second kappa shape index (κ2) is 9.64. The molecule has 0 saturated carbocycles. The number of ether oxygens (including phenoxy) is 1. The molecule has 5 rings (SSSR count). The summed E-state index contributed by atoms with van der Waals surface area (Å²) in [4.78, 5) is 2.03. The number of aliphatic hydroxyl groups is 3. The van der Waals surface area contributed by atoms with Crippen LogP contribution in [0.1, 0.15) is 18.9 Å². The van der Waals surface area contributed by atoms with Gasteiger partial charge in [0.1, 0.15) is 35.6 Å². The molecule has 8 nitrogen and oxygen atoms in total. The van der Waals surface area contributed by atoms with Gasteiger partial charge in [0.25, 0.3) is 0 Å². The second-order valence-electron chi connectivity index (χ2n) is 9.17. The summed E-state index contributed by atoms with van der Waals surface area (Å²) in [7, 11) is 0. The Morgan fingerprint density at radius 2 is 1.81 bits per heavy atom. The summed E-state index contributed by atoms with van der Waals surface area (Å²) in [5.41, 5.74) is -0.329. The van der Waals surface area contributed by atoms with E-state index in [0.717, 1.165) is 17.8 Å². The van der Waals surface area contributed by atoms with Gasteiger partial charge in [0, 0.05) is 29.4 Å². The summed E-state index contributed by atoms with van der Waals surface area (Å²) in [6.45, 7) is 0.458. The molecular weight excluding hydrogens is 501 g/mol. The Kier molecular flexibility index (Phi) is 6.69. The number of hydrogen-bond donors (Lipinski definition) is 3. The normalized spacial score (nSPS) is 28.6. The van der Waals surface area contributed by atoms with E-state index in [2.05, 4.69) is 10.3 Å². The molecular formula is C24H24ClF3N4O4. The monoisotopic (exact) mass is 524 g/mol. The first-order valence-corrected chi connectivity index (χ1v) is 11.8. The van der Waals surface area contributed by atoms with E-state index < -0.39 is 54.0 Å². The predicted molar refractivity (Wildman–Crippen MR) is 124 cm³/mol. The van der Waals surface area contributed by atoms with Gasteiger partial charge in [0.05, 0.1) is 12.8 Å². The lowest BCUT2D eigenvalue weighted by Crippen LogP contribution is -2.67. The summed E-state index contributed by atoms with van der Waals surface area (Å²) in [6, 6.07) is 7.72. The Hall–Kier alpha value is -2.70. The minimum atomic E-state index is -1.60. The van der Waals surface area contributed by atoms with Gasteiger partial charge in [-0.2, -0.15) is 0 Å². The molecule has 2 aliphatic rings. The van der Waals surface area contributed by atoms with Crippen molar-refractivity contribution < 1.29 is 33.2 Å². The topological polar surface area (TPSA) is 104 Å². The SMILES string of the molecule is OC[C@H]1O[C@@]2(CCCN(c3ccc(Cl)cc3)C2)[C@H](O)[C@@H](n2cc(-c3cc(F)c(F)c(F)c3)nn2)[C@H]1O. The van der Waals surface area contributed by atoms with Gasteiger partial charge in [0.2, 0.25) is 0 Å². The van der Waals surface area contributed by atoms with E-state index in [9.17, 15) is 28.5 Å². The standard InChI is InChI=1S/C24H24ClF3N4O4/c25-14-2-4-15(5-3-14)31-7-1-6-24(12-31)23(35)21(22(34)19(11-33)36-24)32-10-18(29-30-32)13-8-16(26)20(28)17(27)9-13/h2-5,8-10,19,21-23,33-35H,1,6-7,11-12H2/t19-,21+,22+,23-,24-/m1/s1. The van der Waals surface area contributed by atoms with Crippen LogP contribution < -0.4 is 4.90 Å². The molecule has 1 spiro atoms. The molecule has 2 aromatic carbocycles. The molecule has 5 atom stereocenters. The molecule has 0 unspecified atom stereocenters. The molecule has 3 heterocycles. The van der Waals surface area contributed by atoms with Crippen LogP contribution in [0.25, 0.3) is 11.3 Å². The zero-order valence-electron chi connectivity index (χ0n) is 18.9. The second-order valence-corrected chi connectivity index (χ2v) is 9.61. The Bertz CT molecular complexity index is 1220. The number of benzene rings is 2. The molecule has 2 fully saturated rings. The molecule has 0 bridgehead atoms. The molecule has 1 aromatic heterocycles. The van der Waals surface area contributed by atoms with Gasteiger partial charge in [-0.25, -0.2) is 17.9 Å². The zero-order valence-corrected chi connectivity index (χ0v) is 19.7. The number of rotatable bonds is 4. The lowest BCUT2D eigenvalue weighted by Gasteiger charge is -2.53. The van der Waals surface area contributed by atoms with Crippen molar-refractivity contribution in [2.75, 3.05) is 24.6 Å². The van der Waals surface area contributed by atoms with Crippen LogP contribution in [0.5, 0.6) is 0 Å². The maximum absolute atomic E-state index is 13.7. The van der Waals surface area contributed by atoms with Crippen LogP contribution in [0, 0.1) is 17.5 Å². The highest BCUT2D eigenvalue weighted by Crippen LogP contribution is 2.42. The molecule has 0 aliphatic carbocycles. The smallest absolute Gasteiger partial charge is 0.194 e. The third-order valence-corrected chi connectivity index (χ3v) is 7.18. The van der Waals surface area contributed by atoms with Crippen LogP contribution in [-0.2, 0) is 4.74 Å². The van der Waals surface area contributed by atoms with E-state index in [1.807, 2.05) is 17.0 Å². The van der Waals surface area contributed by atoms with Crippen LogP contribution in [0.2, 0.25) is 5.02 Å². The first-order valence-electron chi connectivity index (χ1n) is 11.4. The van der Waals surface area contributed by atoms with Crippen LogP contribution in [0.15, 0.2) is 42.6 Å². The first kappa shape index (κ1) is 25.0. The van der Waals surface area contributed by atoms with Gasteiger partial charge in [0.15, 0.2) is 17.5 Å². The van der Waals surface area contributed by atoms with Crippen molar-refractivity contribution in [1.29, 1.82) is 0 Å².